The SMILES string of the molecule is C1CCOC1.O=C(O)c1ccccc1.O=C(O)c1ccccc1. The lowest BCUT2D eigenvalue weighted by atomic mass is 10.2. The van der Waals surface area contributed by atoms with Gasteiger partial charge in [0.15, 0.2) is 0 Å². The van der Waals surface area contributed by atoms with Crippen molar-refractivity contribution in [3.05, 3.63) is 71.8 Å². The number of carbonyl (C=O) groups is 2. The van der Waals surface area contributed by atoms with E-state index in [9.17, 15) is 9.59 Å². The summed E-state index contributed by atoms with van der Waals surface area (Å²) in [6.45, 7) is 2.00. The van der Waals surface area contributed by atoms with E-state index in [0.29, 0.717) is 11.1 Å². The van der Waals surface area contributed by atoms with Crippen molar-refractivity contribution in [3.63, 3.8) is 0 Å². The van der Waals surface area contributed by atoms with Crippen LogP contribution in [0.25, 0.3) is 0 Å². The Morgan fingerprint density at radius 3 is 1.22 bits per heavy atom. The molecule has 0 unspecified atom stereocenters. The molecule has 0 radical (unpaired) electrons. The van der Waals surface area contributed by atoms with Gasteiger partial charge in [-0.15, -0.1) is 0 Å². The van der Waals surface area contributed by atoms with E-state index in [0.717, 1.165) is 13.2 Å². The van der Waals surface area contributed by atoms with E-state index in [1.807, 2.05) is 0 Å². The van der Waals surface area contributed by atoms with E-state index in [-0.39, 0.29) is 0 Å². The molecule has 1 heterocycles. The number of rotatable bonds is 2. The highest BCUT2D eigenvalue weighted by Gasteiger charge is 1.97. The average molecular weight is 316 g/mol. The van der Waals surface area contributed by atoms with Gasteiger partial charge in [0.25, 0.3) is 0 Å². The van der Waals surface area contributed by atoms with Crippen LogP contribution in [0.15, 0.2) is 60.7 Å². The van der Waals surface area contributed by atoms with Gasteiger partial charge in [-0.2, -0.15) is 0 Å². The van der Waals surface area contributed by atoms with Gasteiger partial charge in [0.1, 0.15) is 0 Å². The first-order valence-electron chi connectivity index (χ1n) is 7.25. The summed E-state index contributed by atoms with van der Waals surface area (Å²) >= 11 is 0. The van der Waals surface area contributed by atoms with Gasteiger partial charge in [-0.3, -0.25) is 0 Å². The fourth-order valence-corrected chi connectivity index (χ4v) is 1.67. The van der Waals surface area contributed by atoms with Gasteiger partial charge >= 0.3 is 11.9 Å². The van der Waals surface area contributed by atoms with Crippen molar-refractivity contribution < 1.29 is 24.5 Å². The van der Waals surface area contributed by atoms with E-state index in [1.54, 1.807) is 60.7 Å². The van der Waals surface area contributed by atoms with Crippen LogP contribution in [0.2, 0.25) is 0 Å². The third kappa shape index (κ3) is 8.38. The predicted molar refractivity (Wildman–Crippen MR) is 86.9 cm³/mol. The summed E-state index contributed by atoms with van der Waals surface area (Å²) in [4.78, 5) is 20.4. The Morgan fingerprint density at radius 1 is 0.696 bits per heavy atom. The Morgan fingerprint density at radius 2 is 1.04 bits per heavy atom. The van der Waals surface area contributed by atoms with Gasteiger partial charge in [-0.05, 0) is 37.1 Å². The minimum atomic E-state index is -0.879. The zero-order valence-electron chi connectivity index (χ0n) is 12.7. The fraction of sp³-hybridized carbons (Fsp3) is 0.222. The summed E-state index contributed by atoms with van der Waals surface area (Å²) in [6.07, 6.45) is 2.56. The van der Waals surface area contributed by atoms with Crippen molar-refractivity contribution in [2.45, 2.75) is 12.8 Å². The van der Waals surface area contributed by atoms with Crippen LogP contribution < -0.4 is 0 Å². The number of ether oxygens (including phenoxy) is 1. The minimum absolute atomic E-state index is 0.331. The quantitative estimate of drug-likeness (QED) is 0.885. The molecule has 5 heteroatoms. The molecule has 0 aromatic heterocycles. The molecule has 3 rings (SSSR count). The summed E-state index contributed by atoms with van der Waals surface area (Å²) in [7, 11) is 0. The smallest absolute Gasteiger partial charge is 0.335 e. The number of carboxylic acids is 2. The Kier molecular flexibility index (Phi) is 8.78. The van der Waals surface area contributed by atoms with Crippen LogP contribution in [-0.2, 0) is 4.74 Å². The lowest BCUT2D eigenvalue weighted by Crippen LogP contribution is -1.93. The van der Waals surface area contributed by atoms with Crippen molar-refractivity contribution in [2.24, 2.45) is 0 Å². The van der Waals surface area contributed by atoms with Crippen molar-refractivity contribution in [1.82, 2.24) is 0 Å². The van der Waals surface area contributed by atoms with Crippen LogP contribution >= 0.6 is 0 Å². The maximum atomic E-state index is 10.2. The van der Waals surface area contributed by atoms with Crippen LogP contribution in [-0.4, -0.2) is 35.4 Å². The summed E-state index contributed by atoms with van der Waals surface area (Å²) in [5, 5.41) is 16.8. The van der Waals surface area contributed by atoms with Crippen LogP contribution in [0.4, 0.5) is 0 Å². The van der Waals surface area contributed by atoms with E-state index >= 15 is 0 Å². The molecule has 0 amide bonds. The van der Waals surface area contributed by atoms with Gasteiger partial charge in [0.05, 0.1) is 11.1 Å². The molecule has 0 saturated carbocycles. The highest BCUT2D eigenvalue weighted by molar-refractivity contribution is 5.87. The van der Waals surface area contributed by atoms with E-state index in [1.165, 1.54) is 12.8 Å². The van der Waals surface area contributed by atoms with Gasteiger partial charge in [-0.1, -0.05) is 36.4 Å². The monoisotopic (exact) mass is 316 g/mol. The van der Waals surface area contributed by atoms with Gasteiger partial charge in [-0.25, -0.2) is 9.59 Å². The first-order valence-corrected chi connectivity index (χ1v) is 7.25. The molecule has 2 aromatic rings. The fourth-order valence-electron chi connectivity index (χ4n) is 1.67. The molecular formula is C18H20O5. The molecule has 0 spiro atoms. The second kappa shape index (κ2) is 11.0. The topological polar surface area (TPSA) is 83.8 Å². The number of carboxylic acid groups (broad SMARTS) is 2. The van der Waals surface area contributed by atoms with Crippen molar-refractivity contribution >= 4 is 11.9 Å². The zero-order chi connectivity index (χ0) is 16.9. The highest BCUT2D eigenvalue weighted by Crippen LogP contribution is 1.98. The van der Waals surface area contributed by atoms with Gasteiger partial charge in [0.2, 0.25) is 0 Å². The zero-order valence-corrected chi connectivity index (χ0v) is 12.7. The van der Waals surface area contributed by atoms with Crippen LogP contribution in [0.5, 0.6) is 0 Å². The summed E-state index contributed by atoms with van der Waals surface area (Å²) in [6, 6.07) is 16.6. The van der Waals surface area contributed by atoms with Crippen LogP contribution in [0, 0.1) is 0 Å². The normalized spacial score (nSPS) is 12.2. The Balaban J connectivity index is 0.000000180. The predicted octanol–water partition coefficient (Wildman–Crippen LogP) is 3.57. The minimum Gasteiger partial charge on any atom is -0.478 e. The molecule has 122 valence electrons. The lowest BCUT2D eigenvalue weighted by molar-refractivity contribution is 0.0686. The Bertz CT molecular complexity index is 520. The molecule has 1 aliphatic heterocycles. The molecule has 0 bridgehead atoms. The second-order valence-corrected chi connectivity index (χ2v) is 4.66. The Labute approximate surface area is 135 Å². The number of aromatic carboxylic acids is 2. The molecule has 5 nitrogen and oxygen atoms in total. The Hall–Kier alpha value is -2.66. The van der Waals surface area contributed by atoms with Crippen LogP contribution in [0.1, 0.15) is 33.6 Å². The lowest BCUT2D eigenvalue weighted by Gasteiger charge is -1.88. The first kappa shape index (κ1) is 18.4. The van der Waals surface area contributed by atoms with Crippen molar-refractivity contribution in [3.8, 4) is 0 Å². The maximum Gasteiger partial charge on any atom is 0.335 e. The molecule has 2 aromatic carbocycles. The molecule has 0 aliphatic carbocycles. The molecular weight excluding hydrogens is 296 g/mol. The van der Waals surface area contributed by atoms with Gasteiger partial charge < -0.3 is 14.9 Å². The summed E-state index contributed by atoms with van der Waals surface area (Å²) < 4.78 is 4.94. The largest absolute Gasteiger partial charge is 0.478 e. The van der Waals surface area contributed by atoms with Gasteiger partial charge in [0, 0.05) is 13.2 Å². The summed E-state index contributed by atoms with van der Waals surface area (Å²) in [5.74, 6) is -1.76. The first-order chi connectivity index (χ1) is 11.1. The van der Waals surface area contributed by atoms with E-state index in [2.05, 4.69) is 0 Å². The van der Waals surface area contributed by atoms with E-state index < -0.39 is 11.9 Å². The number of hydrogen-bond acceptors (Lipinski definition) is 3. The number of hydrogen-bond donors (Lipinski definition) is 2. The number of benzene rings is 2. The highest BCUT2D eigenvalue weighted by atomic mass is 16.5. The third-order valence-corrected chi connectivity index (χ3v) is 2.87. The van der Waals surface area contributed by atoms with Crippen molar-refractivity contribution in [1.29, 1.82) is 0 Å². The third-order valence-electron chi connectivity index (χ3n) is 2.87. The van der Waals surface area contributed by atoms with Crippen LogP contribution in [0.3, 0.4) is 0 Å². The van der Waals surface area contributed by atoms with Crippen molar-refractivity contribution in [2.75, 3.05) is 13.2 Å². The molecule has 1 aliphatic rings. The molecule has 1 fully saturated rings. The van der Waals surface area contributed by atoms with E-state index in [4.69, 9.17) is 14.9 Å². The maximum absolute atomic E-state index is 10.2. The second-order valence-electron chi connectivity index (χ2n) is 4.66. The molecule has 1 saturated heterocycles. The molecule has 0 atom stereocenters. The molecule has 2 N–H and O–H groups in total. The average Bonchev–Trinajstić information content (AvgIpc) is 3.17. The molecule has 23 heavy (non-hydrogen) atoms. The standard InChI is InChI=1S/2C7H6O2.C4H8O/c2*8-7(9)6-4-2-1-3-5-6;1-2-4-5-3-1/h2*1-5H,(H,8,9);1-4H2. The summed E-state index contributed by atoms with van der Waals surface area (Å²) in [5.41, 5.74) is 0.662.